The molecule has 1 N–H and O–H groups in total. The molecule has 96 valence electrons. The van der Waals surface area contributed by atoms with Crippen LogP contribution in [0.5, 0.6) is 5.75 Å². The zero-order valence-corrected chi connectivity index (χ0v) is 11.7. The van der Waals surface area contributed by atoms with E-state index in [1.807, 2.05) is 43.3 Å². The molecule has 0 saturated carbocycles. The third-order valence-corrected chi connectivity index (χ3v) is 4.08. The molecule has 0 fully saturated rings. The SMILES string of the molecule is Cc1ccc(OCC(CO)c2ccc(Cl)s2)cc1. The summed E-state index contributed by atoms with van der Waals surface area (Å²) < 4.78 is 6.42. The second-order valence-corrected chi connectivity index (χ2v) is 5.89. The van der Waals surface area contributed by atoms with Gasteiger partial charge < -0.3 is 9.84 Å². The number of benzene rings is 1. The number of hydrogen-bond donors (Lipinski definition) is 1. The lowest BCUT2D eigenvalue weighted by Crippen LogP contribution is -2.12. The molecule has 1 aromatic carbocycles. The minimum atomic E-state index is -0.0243. The first-order valence-corrected chi connectivity index (χ1v) is 6.94. The number of hydrogen-bond acceptors (Lipinski definition) is 3. The zero-order valence-electron chi connectivity index (χ0n) is 10.1. The van der Waals surface area contributed by atoms with Crippen LogP contribution < -0.4 is 4.74 Å². The number of thiophene rings is 1. The molecule has 1 unspecified atom stereocenters. The van der Waals surface area contributed by atoms with Gasteiger partial charge in [0.05, 0.1) is 23.5 Å². The molecule has 0 aliphatic rings. The standard InChI is InChI=1S/C14H15ClO2S/c1-10-2-4-12(5-3-10)17-9-11(8-16)13-6-7-14(15)18-13/h2-7,11,16H,8-9H2,1H3. The molecular weight excluding hydrogens is 268 g/mol. The molecule has 4 heteroatoms. The van der Waals surface area contributed by atoms with E-state index in [-0.39, 0.29) is 12.5 Å². The molecular formula is C14H15ClO2S. The van der Waals surface area contributed by atoms with E-state index in [1.54, 1.807) is 0 Å². The number of aryl methyl sites for hydroxylation is 1. The van der Waals surface area contributed by atoms with Crippen molar-refractivity contribution in [2.24, 2.45) is 0 Å². The summed E-state index contributed by atoms with van der Waals surface area (Å²) in [5, 5.41) is 9.39. The Labute approximate surface area is 116 Å². The second-order valence-electron chi connectivity index (χ2n) is 4.15. The van der Waals surface area contributed by atoms with E-state index < -0.39 is 0 Å². The predicted molar refractivity (Wildman–Crippen MR) is 75.8 cm³/mol. The van der Waals surface area contributed by atoms with E-state index in [4.69, 9.17) is 16.3 Å². The Morgan fingerprint density at radius 3 is 2.50 bits per heavy atom. The van der Waals surface area contributed by atoms with Crippen molar-refractivity contribution in [1.29, 1.82) is 0 Å². The highest BCUT2D eigenvalue weighted by Gasteiger charge is 2.13. The van der Waals surface area contributed by atoms with E-state index in [2.05, 4.69) is 0 Å². The fourth-order valence-electron chi connectivity index (χ4n) is 1.60. The van der Waals surface area contributed by atoms with Gasteiger partial charge in [-0.3, -0.25) is 0 Å². The van der Waals surface area contributed by atoms with Crippen molar-refractivity contribution in [2.75, 3.05) is 13.2 Å². The quantitative estimate of drug-likeness (QED) is 0.902. The lowest BCUT2D eigenvalue weighted by atomic mass is 10.1. The monoisotopic (exact) mass is 282 g/mol. The van der Waals surface area contributed by atoms with Gasteiger partial charge in [-0.2, -0.15) is 0 Å². The molecule has 18 heavy (non-hydrogen) atoms. The Morgan fingerprint density at radius 1 is 1.22 bits per heavy atom. The molecule has 2 rings (SSSR count). The van der Waals surface area contributed by atoms with E-state index in [0.717, 1.165) is 15.0 Å². The van der Waals surface area contributed by atoms with Gasteiger partial charge >= 0.3 is 0 Å². The van der Waals surface area contributed by atoms with Crippen LogP contribution in [0.2, 0.25) is 4.34 Å². The van der Waals surface area contributed by atoms with Crippen LogP contribution in [0.15, 0.2) is 36.4 Å². The summed E-state index contributed by atoms with van der Waals surface area (Å²) in [5.74, 6) is 0.797. The molecule has 2 nitrogen and oxygen atoms in total. The Morgan fingerprint density at radius 2 is 1.94 bits per heavy atom. The average molecular weight is 283 g/mol. The third kappa shape index (κ3) is 3.48. The first kappa shape index (κ1) is 13.4. The van der Waals surface area contributed by atoms with Crippen LogP contribution in [0.4, 0.5) is 0 Å². The van der Waals surface area contributed by atoms with E-state index in [9.17, 15) is 5.11 Å². The van der Waals surface area contributed by atoms with Gasteiger partial charge in [-0.05, 0) is 31.2 Å². The highest BCUT2D eigenvalue weighted by molar-refractivity contribution is 7.16. The Hall–Kier alpha value is -1.03. The topological polar surface area (TPSA) is 29.5 Å². The first-order chi connectivity index (χ1) is 8.69. The fraction of sp³-hybridized carbons (Fsp3) is 0.286. The minimum absolute atomic E-state index is 0.0243. The molecule has 2 aromatic rings. The summed E-state index contributed by atoms with van der Waals surface area (Å²) in [6, 6.07) is 11.7. The normalized spacial score (nSPS) is 12.4. The maximum atomic E-state index is 9.39. The lowest BCUT2D eigenvalue weighted by Gasteiger charge is -2.13. The van der Waals surface area contributed by atoms with Crippen molar-refractivity contribution in [3.8, 4) is 5.75 Å². The number of aliphatic hydroxyl groups is 1. The van der Waals surface area contributed by atoms with Crippen molar-refractivity contribution in [2.45, 2.75) is 12.8 Å². The Kier molecular flexibility index (Phi) is 4.64. The zero-order chi connectivity index (χ0) is 13.0. The van der Waals surface area contributed by atoms with Crippen LogP contribution in [0.3, 0.4) is 0 Å². The van der Waals surface area contributed by atoms with Crippen LogP contribution in [0.1, 0.15) is 16.4 Å². The summed E-state index contributed by atoms with van der Waals surface area (Å²) in [6.45, 7) is 2.55. The number of halogens is 1. The van der Waals surface area contributed by atoms with Gasteiger partial charge in [0.25, 0.3) is 0 Å². The number of aliphatic hydroxyl groups excluding tert-OH is 1. The van der Waals surface area contributed by atoms with Gasteiger partial charge in [-0.1, -0.05) is 29.3 Å². The molecule has 0 spiro atoms. The average Bonchev–Trinajstić information content (AvgIpc) is 2.79. The van der Waals surface area contributed by atoms with Crippen molar-refractivity contribution in [1.82, 2.24) is 0 Å². The van der Waals surface area contributed by atoms with E-state index in [1.165, 1.54) is 16.9 Å². The van der Waals surface area contributed by atoms with Crippen LogP contribution in [-0.4, -0.2) is 18.3 Å². The maximum absolute atomic E-state index is 9.39. The number of ether oxygens (including phenoxy) is 1. The van der Waals surface area contributed by atoms with E-state index >= 15 is 0 Å². The molecule has 1 aromatic heterocycles. The highest BCUT2D eigenvalue weighted by Crippen LogP contribution is 2.28. The molecule has 0 amide bonds. The van der Waals surface area contributed by atoms with Gasteiger partial charge in [0, 0.05) is 4.88 Å². The summed E-state index contributed by atoms with van der Waals surface area (Å²) in [4.78, 5) is 1.05. The summed E-state index contributed by atoms with van der Waals surface area (Å²) >= 11 is 7.38. The van der Waals surface area contributed by atoms with Crippen molar-refractivity contribution in [3.05, 3.63) is 51.2 Å². The molecule has 1 heterocycles. The van der Waals surface area contributed by atoms with Gasteiger partial charge in [0.2, 0.25) is 0 Å². The molecule has 1 atom stereocenters. The Balaban J connectivity index is 1.97. The van der Waals surface area contributed by atoms with Crippen molar-refractivity contribution >= 4 is 22.9 Å². The summed E-state index contributed by atoms with van der Waals surface area (Å²) in [6.07, 6.45) is 0. The van der Waals surface area contributed by atoms with E-state index in [0.29, 0.717) is 6.61 Å². The third-order valence-electron chi connectivity index (χ3n) is 2.69. The second kappa shape index (κ2) is 6.23. The largest absolute Gasteiger partial charge is 0.493 e. The van der Waals surface area contributed by atoms with Gasteiger partial charge in [-0.15, -0.1) is 11.3 Å². The smallest absolute Gasteiger partial charge is 0.119 e. The molecule has 0 radical (unpaired) electrons. The van der Waals surface area contributed by atoms with Crippen LogP contribution in [0, 0.1) is 6.92 Å². The molecule has 0 saturated heterocycles. The Bertz CT molecular complexity index is 493. The maximum Gasteiger partial charge on any atom is 0.119 e. The van der Waals surface area contributed by atoms with Crippen LogP contribution in [0.25, 0.3) is 0 Å². The summed E-state index contributed by atoms with van der Waals surface area (Å²) in [7, 11) is 0. The lowest BCUT2D eigenvalue weighted by molar-refractivity contribution is 0.207. The number of rotatable bonds is 5. The molecule has 0 bridgehead atoms. The van der Waals surface area contributed by atoms with Crippen LogP contribution in [-0.2, 0) is 0 Å². The highest BCUT2D eigenvalue weighted by atomic mass is 35.5. The molecule has 0 aliphatic heterocycles. The predicted octanol–water partition coefficient (Wildman–Crippen LogP) is 3.86. The summed E-state index contributed by atoms with van der Waals surface area (Å²) in [5.41, 5.74) is 1.20. The van der Waals surface area contributed by atoms with Gasteiger partial charge in [-0.25, -0.2) is 0 Å². The molecule has 0 aliphatic carbocycles. The first-order valence-electron chi connectivity index (χ1n) is 5.74. The fourth-order valence-corrected chi connectivity index (χ4v) is 2.74. The minimum Gasteiger partial charge on any atom is -0.493 e. The van der Waals surface area contributed by atoms with Crippen molar-refractivity contribution < 1.29 is 9.84 Å². The van der Waals surface area contributed by atoms with Gasteiger partial charge in [0.15, 0.2) is 0 Å². The van der Waals surface area contributed by atoms with Gasteiger partial charge in [0.1, 0.15) is 5.75 Å². The van der Waals surface area contributed by atoms with Crippen molar-refractivity contribution in [3.63, 3.8) is 0 Å². The van der Waals surface area contributed by atoms with Crippen LogP contribution >= 0.6 is 22.9 Å².